The molecule has 0 aliphatic carbocycles. The number of hydrogen-bond donors (Lipinski definition) is 1. The first-order valence-electron chi connectivity index (χ1n) is 7.05. The Morgan fingerprint density at radius 2 is 1.87 bits per heavy atom. The molecule has 6 nitrogen and oxygen atoms in total. The number of rotatable bonds is 7. The zero-order valence-corrected chi connectivity index (χ0v) is 13.5. The van der Waals surface area contributed by atoms with Crippen LogP contribution in [0.3, 0.4) is 0 Å². The quantitative estimate of drug-likeness (QED) is 0.470. The summed E-state index contributed by atoms with van der Waals surface area (Å²) in [5, 5.41) is 9.15. The van der Waals surface area contributed by atoms with E-state index in [1.807, 2.05) is 19.0 Å². The summed E-state index contributed by atoms with van der Waals surface area (Å²) >= 11 is 0. The van der Waals surface area contributed by atoms with Gasteiger partial charge in [-0.2, -0.15) is 0 Å². The largest absolute Gasteiger partial charge is 0.508 e. The number of phenolic OH excluding ortho intramolecular Hbond substituents is 1. The number of ether oxygens (including phenoxy) is 2. The molecular formula is C17H21NO5. The standard InChI is InChI=1S/C17H21NO5/c1-13(17(21)22-11-10-18(2)3)12-23-16(20)9-6-14-4-7-15(19)8-5-14/h4-9,12,19H,10-11H2,1-3H3/b9-6+,13-12?. The average molecular weight is 319 g/mol. The van der Waals surface area contributed by atoms with E-state index in [-0.39, 0.29) is 17.9 Å². The van der Waals surface area contributed by atoms with E-state index in [1.165, 1.54) is 25.1 Å². The Hall–Kier alpha value is -2.60. The zero-order chi connectivity index (χ0) is 17.2. The molecule has 0 bridgehead atoms. The Labute approximate surface area is 135 Å². The van der Waals surface area contributed by atoms with Crippen molar-refractivity contribution in [2.45, 2.75) is 6.92 Å². The Morgan fingerprint density at radius 3 is 2.48 bits per heavy atom. The molecule has 0 unspecified atom stereocenters. The van der Waals surface area contributed by atoms with Crippen LogP contribution in [0.2, 0.25) is 0 Å². The minimum atomic E-state index is -0.612. The summed E-state index contributed by atoms with van der Waals surface area (Å²) in [6.45, 7) is 2.40. The number of esters is 2. The van der Waals surface area contributed by atoms with Crippen molar-refractivity contribution in [1.82, 2.24) is 4.90 Å². The second-order valence-corrected chi connectivity index (χ2v) is 5.10. The monoisotopic (exact) mass is 319 g/mol. The van der Waals surface area contributed by atoms with Crippen LogP contribution in [0.5, 0.6) is 5.75 Å². The van der Waals surface area contributed by atoms with Gasteiger partial charge in [0.1, 0.15) is 18.6 Å². The predicted octanol–water partition coefficient (Wildman–Crippen LogP) is 1.96. The van der Waals surface area contributed by atoms with Gasteiger partial charge >= 0.3 is 11.9 Å². The summed E-state index contributed by atoms with van der Waals surface area (Å²) in [5.41, 5.74) is 0.943. The fourth-order valence-electron chi connectivity index (χ4n) is 1.42. The molecule has 0 saturated heterocycles. The molecule has 1 aromatic rings. The van der Waals surface area contributed by atoms with E-state index >= 15 is 0 Å². The zero-order valence-electron chi connectivity index (χ0n) is 13.5. The topological polar surface area (TPSA) is 76.1 Å². The summed E-state index contributed by atoms with van der Waals surface area (Å²) in [7, 11) is 3.75. The summed E-state index contributed by atoms with van der Waals surface area (Å²) < 4.78 is 9.85. The second kappa shape index (κ2) is 9.42. The molecule has 0 atom stereocenters. The summed E-state index contributed by atoms with van der Waals surface area (Å²) in [6.07, 6.45) is 3.84. The lowest BCUT2D eigenvalue weighted by molar-refractivity contribution is -0.139. The van der Waals surface area contributed by atoms with Gasteiger partial charge in [0.2, 0.25) is 0 Å². The Balaban J connectivity index is 2.43. The van der Waals surface area contributed by atoms with Crippen molar-refractivity contribution >= 4 is 18.0 Å². The van der Waals surface area contributed by atoms with Crippen LogP contribution in [-0.4, -0.2) is 49.2 Å². The van der Waals surface area contributed by atoms with Gasteiger partial charge in [0, 0.05) is 12.6 Å². The summed E-state index contributed by atoms with van der Waals surface area (Å²) in [6, 6.07) is 6.34. The maximum Gasteiger partial charge on any atom is 0.336 e. The lowest BCUT2D eigenvalue weighted by Crippen LogP contribution is -2.20. The number of carbonyl (C=O) groups excluding carboxylic acids is 2. The van der Waals surface area contributed by atoms with Crippen molar-refractivity contribution in [3.05, 3.63) is 47.7 Å². The molecule has 0 saturated carbocycles. The van der Waals surface area contributed by atoms with Gasteiger partial charge in [-0.15, -0.1) is 0 Å². The number of hydrogen-bond acceptors (Lipinski definition) is 6. The van der Waals surface area contributed by atoms with Crippen molar-refractivity contribution in [3.63, 3.8) is 0 Å². The van der Waals surface area contributed by atoms with Crippen LogP contribution in [0.25, 0.3) is 6.08 Å². The molecular weight excluding hydrogens is 298 g/mol. The maximum absolute atomic E-state index is 11.6. The van der Waals surface area contributed by atoms with Gasteiger partial charge in [-0.1, -0.05) is 12.1 Å². The molecule has 1 rings (SSSR count). The first-order chi connectivity index (χ1) is 10.9. The van der Waals surface area contributed by atoms with E-state index < -0.39 is 11.9 Å². The normalized spacial score (nSPS) is 11.7. The van der Waals surface area contributed by atoms with Gasteiger partial charge in [-0.25, -0.2) is 9.59 Å². The van der Waals surface area contributed by atoms with Crippen molar-refractivity contribution in [2.24, 2.45) is 0 Å². The smallest absolute Gasteiger partial charge is 0.336 e. The Kier molecular flexibility index (Phi) is 7.56. The van der Waals surface area contributed by atoms with Crippen molar-refractivity contribution in [2.75, 3.05) is 27.2 Å². The third kappa shape index (κ3) is 7.82. The number of nitrogens with zero attached hydrogens (tertiary/aromatic N) is 1. The predicted molar refractivity (Wildman–Crippen MR) is 86.5 cm³/mol. The molecule has 6 heteroatoms. The number of likely N-dealkylation sites (N-methyl/N-ethyl adjacent to an activating group) is 1. The molecule has 0 spiro atoms. The molecule has 0 aliphatic heterocycles. The third-order valence-corrected chi connectivity index (χ3v) is 2.75. The first-order valence-corrected chi connectivity index (χ1v) is 7.05. The van der Waals surface area contributed by atoms with Crippen LogP contribution in [0.15, 0.2) is 42.2 Å². The van der Waals surface area contributed by atoms with Gasteiger partial charge in [0.05, 0.1) is 5.57 Å². The Morgan fingerprint density at radius 1 is 1.22 bits per heavy atom. The minimum Gasteiger partial charge on any atom is -0.508 e. The van der Waals surface area contributed by atoms with Crippen LogP contribution in [0, 0.1) is 0 Å². The maximum atomic E-state index is 11.6. The van der Waals surface area contributed by atoms with E-state index in [4.69, 9.17) is 14.6 Å². The van der Waals surface area contributed by atoms with E-state index in [0.717, 1.165) is 11.8 Å². The van der Waals surface area contributed by atoms with Gasteiger partial charge in [-0.05, 0) is 44.8 Å². The average Bonchev–Trinajstić information content (AvgIpc) is 2.51. The molecule has 1 N–H and O–H groups in total. The molecule has 0 aromatic heterocycles. The molecule has 0 heterocycles. The van der Waals surface area contributed by atoms with E-state index in [2.05, 4.69) is 0 Å². The second-order valence-electron chi connectivity index (χ2n) is 5.10. The highest BCUT2D eigenvalue weighted by Gasteiger charge is 2.07. The lowest BCUT2D eigenvalue weighted by Gasteiger charge is -2.09. The van der Waals surface area contributed by atoms with E-state index in [1.54, 1.807) is 18.2 Å². The van der Waals surface area contributed by atoms with E-state index in [9.17, 15) is 9.59 Å². The SMILES string of the molecule is CC(=COC(=O)/C=C/c1ccc(O)cc1)C(=O)OCCN(C)C. The first kappa shape index (κ1) is 18.4. The minimum absolute atomic E-state index is 0.149. The molecule has 0 fully saturated rings. The molecule has 124 valence electrons. The van der Waals surface area contributed by atoms with Gasteiger partial charge in [0.15, 0.2) is 0 Å². The molecule has 0 aliphatic rings. The molecule has 0 radical (unpaired) electrons. The highest BCUT2D eigenvalue weighted by molar-refractivity contribution is 5.90. The summed E-state index contributed by atoms with van der Waals surface area (Å²) in [5.74, 6) is -0.989. The number of carbonyl (C=O) groups is 2. The highest BCUT2D eigenvalue weighted by Crippen LogP contribution is 2.10. The molecule has 1 aromatic carbocycles. The third-order valence-electron chi connectivity index (χ3n) is 2.75. The number of aromatic hydroxyl groups is 1. The molecule has 23 heavy (non-hydrogen) atoms. The van der Waals surface area contributed by atoms with Crippen LogP contribution < -0.4 is 0 Å². The number of benzene rings is 1. The Bertz CT molecular complexity index is 588. The van der Waals surface area contributed by atoms with Crippen LogP contribution >= 0.6 is 0 Å². The van der Waals surface area contributed by atoms with Gasteiger partial charge < -0.3 is 19.5 Å². The van der Waals surface area contributed by atoms with Gasteiger partial charge in [0.25, 0.3) is 0 Å². The van der Waals surface area contributed by atoms with E-state index in [0.29, 0.717) is 6.54 Å². The fraction of sp³-hybridized carbons (Fsp3) is 0.294. The molecule has 0 amide bonds. The van der Waals surface area contributed by atoms with Crippen LogP contribution in [0.4, 0.5) is 0 Å². The van der Waals surface area contributed by atoms with Gasteiger partial charge in [-0.3, -0.25) is 0 Å². The van der Waals surface area contributed by atoms with Crippen molar-refractivity contribution in [3.8, 4) is 5.75 Å². The van der Waals surface area contributed by atoms with Crippen molar-refractivity contribution < 1.29 is 24.2 Å². The lowest BCUT2D eigenvalue weighted by atomic mass is 10.2. The number of phenols is 1. The fourth-order valence-corrected chi connectivity index (χ4v) is 1.42. The van der Waals surface area contributed by atoms with Crippen LogP contribution in [-0.2, 0) is 19.1 Å². The van der Waals surface area contributed by atoms with Crippen molar-refractivity contribution in [1.29, 1.82) is 0 Å². The summed E-state index contributed by atoms with van der Waals surface area (Å²) in [4.78, 5) is 25.0. The van der Waals surface area contributed by atoms with Crippen LogP contribution in [0.1, 0.15) is 12.5 Å². The highest BCUT2D eigenvalue weighted by atomic mass is 16.5.